The van der Waals surface area contributed by atoms with Crippen molar-refractivity contribution in [3.63, 3.8) is 0 Å². The molecule has 162 valence electrons. The van der Waals surface area contributed by atoms with E-state index in [1.807, 2.05) is 18.2 Å². The van der Waals surface area contributed by atoms with Crippen molar-refractivity contribution in [3.05, 3.63) is 101 Å². The number of carbonyl (C=O) groups is 2. The molecule has 5 nitrogen and oxygen atoms in total. The van der Waals surface area contributed by atoms with E-state index in [1.165, 1.54) is 37.3 Å². The molecule has 0 aromatic heterocycles. The topological polar surface area (TPSA) is 75.6 Å². The molecule has 32 heavy (non-hydrogen) atoms. The van der Waals surface area contributed by atoms with E-state index < -0.39 is 11.9 Å². The Kier molecular flexibility index (Phi) is 6.66. The molecule has 3 aromatic rings. The lowest BCUT2D eigenvalue weighted by Crippen LogP contribution is -2.27. The molecular formula is C27H25NO4. The SMILES string of the molecule is O=C(O)/C(=C/c1ccc(Oc2ccccc2C2CCCC2)cc1)NC(=O)c1ccccc1. The van der Waals surface area contributed by atoms with Crippen molar-refractivity contribution in [2.24, 2.45) is 0 Å². The van der Waals surface area contributed by atoms with Crippen LogP contribution in [0.1, 0.15) is 53.1 Å². The molecule has 1 fully saturated rings. The number of ether oxygens (including phenoxy) is 1. The van der Waals surface area contributed by atoms with Gasteiger partial charge in [-0.1, -0.05) is 61.4 Å². The van der Waals surface area contributed by atoms with Crippen LogP contribution in [0.25, 0.3) is 6.08 Å². The standard InChI is InChI=1S/C27H25NO4/c29-26(21-10-2-1-3-11-21)28-24(27(30)31)18-19-14-16-22(17-15-19)32-25-13-7-6-12-23(25)20-8-4-5-9-20/h1-3,6-7,10-18,20H,4-5,8-9H2,(H,28,29)(H,30,31)/b24-18-. The summed E-state index contributed by atoms with van der Waals surface area (Å²) in [7, 11) is 0. The lowest BCUT2D eigenvalue weighted by atomic mass is 9.97. The largest absolute Gasteiger partial charge is 0.477 e. The van der Waals surface area contributed by atoms with Crippen molar-refractivity contribution in [1.82, 2.24) is 5.32 Å². The molecule has 0 bridgehead atoms. The third kappa shape index (κ3) is 5.24. The van der Waals surface area contributed by atoms with Gasteiger partial charge in [0, 0.05) is 5.56 Å². The summed E-state index contributed by atoms with van der Waals surface area (Å²) in [6.45, 7) is 0. The molecule has 4 rings (SSSR count). The third-order valence-corrected chi connectivity index (χ3v) is 5.65. The number of rotatable bonds is 7. The fourth-order valence-electron chi connectivity index (χ4n) is 4.01. The average molecular weight is 428 g/mol. The first-order chi connectivity index (χ1) is 15.6. The number of aliphatic carboxylic acids is 1. The Morgan fingerprint density at radius 2 is 1.53 bits per heavy atom. The molecule has 0 radical (unpaired) electrons. The van der Waals surface area contributed by atoms with Crippen molar-refractivity contribution >= 4 is 18.0 Å². The molecule has 0 saturated heterocycles. The van der Waals surface area contributed by atoms with Crippen LogP contribution < -0.4 is 10.1 Å². The highest BCUT2D eigenvalue weighted by Crippen LogP contribution is 2.39. The number of benzene rings is 3. The molecule has 1 amide bonds. The van der Waals surface area contributed by atoms with Crippen LogP contribution in [0.5, 0.6) is 11.5 Å². The van der Waals surface area contributed by atoms with Crippen LogP contribution in [-0.2, 0) is 4.79 Å². The number of hydrogen-bond donors (Lipinski definition) is 2. The van der Waals surface area contributed by atoms with Crippen LogP contribution in [0.15, 0.2) is 84.6 Å². The fourth-order valence-corrected chi connectivity index (χ4v) is 4.01. The van der Waals surface area contributed by atoms with Gasteiger partial charge in [-0.3, -0.25) is 4.79 Å². The van der Waals surface area contributed by atoms with E-state index in [0.29, 0.717) is 22.8 Å². The quantitative estimate of drug-likeness (QED) is 0.454. The second kappa shape index (κ2) is 9.96. The maximum atomic E-state index is 12.3. The number of para-hydroxylation sites is 1. The number of hydrogen-bond acceptors (Lipinski definition) is 3. The van der Waals surface area contributed by atoms with E-state index in [1.54, 1.807) is 54.6 Å². The molecule has 2 N–H and O–H groups in total. The summed E-state index contributed by atoms with van der Waals surface area (Å²) in [5.41, 5.74) is 2.08. The predicted octanol–water partition coefficient (Wildman–Crippen LogP) is 5.99. The highest BCUT2D eigenvalue weighted by Gasteiger charge is 2.20. The molecule has 0 atom stereocenters. The van der Waals surface area contributed by atoms with E-state index in [2.05, 4.69) is 11.4 Å². The first kappa shape index (κ1) is 21.4. The fraction of sp³-hybridized carbons (Fsp3) is 0.185. The molecule has 5 heteroatoms. The van der Waals surface area contributed by atoms with Crippen molar-refractivity contribution in [2.45, 2.75) is 31.6 Å². The maximum Gasteiger partial charge on any atom is 0.352 e. The van der Waals surface area contributed by atoms with Gasteiger partial charge in [0.2, 0.25) is 0 Å². The summed E-state index contributed by atoms with van der Waals surface area (Å²) < 4.78 is 6.14. The molecular weight excluding hydrogens is 402 g/mol. The third-order valence-electron chi connectivity index (χ3n) is 5.65. The van der Waals surface area contributed by atoms with Gasteiger partial charge in [0.15, 0.2) is 0 Å². The molecule has 3 aromatic carbocycles. The van der Waals surface area contributed by atoms with Gasteiger partial charge in [-0.2, -0.15) is 0 Å². The Morgan fingerprint density at radius 3 is 2.22 bits per heavy atom. The highest BCUT2D eigenvalue weighted by atomic mass is 16.5. The van der Waals surface area contributed by atoms with Gasteiger partial charge in [-0.15, -0.1) is 0 Å². The number of carboxylic acids is 1. The minimum atomic E-state index is -1.21. The number of carbonyl (C=O) groups excluding carboxylic acids is 1. The van der Waals surface area contributed by atoms with Gasteiger partial charge in [0.1, 0.15) is 17.2 Å². The van der Waals surface area contributed by atoms with Crippen LogP contribution in [0, 0.1) is 0 Å². The van der Waals surface area contributed by atoms with Gasteiger partial charge < -0.3 is 15.2 Å². The Labute approximate surface area is 187 Å². The zero-order valence-corrected chi connectivity index (χ0v) is 17.7. The van der Waals surface area contributed by atoms with Crippen LogP contribution in [-0.4, -0.2) is 17.0 Å². The van der Waals surface area contributed by atoms with Gasteiger partial charge in [-0.05, 0) is 66.3 Å². The Hall–Kier alpha value is -3.86. The molecule has 1 aliphatic rings. The lowest BCUT2D eigenvalue weighted by Gasteiger charge is -2.16. The van der Waals surface area contributed by atoms with E-state index in [0.717, 1.165) is 5.75 Å². The summed E-state index contributed by atoms with van der Waals surface area (Å²) >= 11 is 0. The van der Waals surface area contributed by atoms with Crippen LogP contribution in [0.4, 0.5) is 0 Å². The van der Waals surface area contributed by atoms with Crippen LogP contribution in [0.2, 0.25) is 0 Å². The summed E-state index contributed by atoms with van der Waals surface area (Å²) in [6.07, 6.45) is 6.33. The molecule has 0 heterocycles. The van der Waals surface area contributed by atoms with Crippen molar-refractivity contribution in [1.29, 1.82) is 0 Å². The molecule has 0 unspecified atom stereocenters. The lowest BCUT2D eigenvalue weighted by molar-refractivity contribution is -0.132. The molecule has 1 aliphatic carbocycles. The van der Waals surface area contributed by atoms with Gasteiger partial charge in [0.05, 0.1) is 0 Å². The monoisotopic (exact) mass is 427 g/mol. The van der Waals surface area contributed by atoms with E-state index in [-0.39, 0.29) is 5.70 Å². The first-order valence-electron chi connectivity index (χ1n) is 10.8. The Balaban J connectivity index is 1.48. The average Bonchev–Trinajstić information content (AvgIpc) is 3.35. The van der Waals surface area contributed by atoms with Crippen molar-refractivity contribution in [2.75, 3.05) is 0 Å². The summed E-state index contributed by atoms with van der Waals surface area (Å²) in [5, 5.41) is 12.0. The Bertz CT molecular complexity index is 1110. The zero-order chi connectivity index (χ0) is 22.3. The first-order valence-corrected chi connectivity index (χ1v) is 10.8. The van der Waals surface area contributed by atoms with Gasteiger partial charge in [-0.25, -0.2) is 4.79 Å². The van der Waals surface area contributed by atoms with E-state index >= 15 is 0 Å². The summed E-state index contributed by atoms with van der Waals surface area (Å²) in [6, 6.07) is 23.8. The normalized spacial score (nSPS) is 14.2. The van der Waals surface area contributed by atoms with Crippen LogP contribution in [0.3, 0.4) is 0 Å². The minimum Gasteiger partial charge on any atom is -0.477 e. The van der Waals surface area contributed by atoms with Crippen LogP contribution >= 0.6 is 0 Å². The van der Waals surface area contributed by atoms with Gasteiger partial charge >= 0.3 is 5.97 Å². The second-order valence-electron chi connectivity index (χ2n) is 7.87. The summed E-state index contributed by atoms with van der Waals surface area (Å²) in [4.78, 5) is 23.9. The van der Waals surface area contributed by atoms with E-state index in [9.17, 15) is 14.7 Å². The predicted molar refractivity (Wildman–Crippen MR) is 124 cm³/mol. The van der Waals surface area contributed by atoms with Gasteiger partial charge in [0.25, 0.3) is 5.91 Å². The summed E-state index contributed by atoms with van der Waals surface area (Å²) in [5.74, 6) is 0.407. The minimum absolute atomic E-state index is 0.195. The van der Waals surface area contributed by atoms with Crippen molar-refractivity contribution in [3.8, 4) is 11.5 Å². The zero-order valence-electron chi connectivity index (χ0n) is 17.7. The molecule has 1 saturated carbocycles. The number of amides is 1. The van der Waals surface area contributed by atoms with E-state index in [4.69, 9.17) is 4.74 Å². The molecule has 0 spiro atoms. The second-order valence-corrected chi connectivity index (χ2v) is 7.87. The smallest absolute Gasteiger partial charge is 0.352 e. The number of nitrogens with one attached hydrogen (secondary N) is 1. The maximum absolute atomic E-state index is 12.3. The Morgan fingerprint density at radius 1 is 0.875 bits per heavy atom. The molecule has 0 aliphatic heterocycles. The number of carboxylic acid groups (broad SMARTS) is 1. The highest BCUT2D eigenvalue weighted by molar-refractivity contribution is 6.02. The van der Waals surface area contributed by atoms with Crippen molar-refractivity contribution < 1.29 is 19.4 Å².